The molecule has 0 aromatic rings. The normalized spacial score (nSPS) is 42.9. The molecule has 0 saturated heterocycles. The van der Waals surface area contributed by atoms with E-state index in [4.69, 9.17) is 14.2 Å². The van der Waals surface area contributed by atoms with E-state index in [2.05, 4.69) is 0 Å². The number of rotatable bonds is 4. The van der Waals surface area contributed by atoms with Crippen LogP contribution in [0.2, 0.25) is 0 Å². The van der Waals surface area contributed by atoms with Crippen LogP contribution in [0.3, 0.4) is 0 Å². The molecular weight excluding hydrogens is 456 g/mol. The summed E-state index contributed by atoms with van der Waals surface area (Å²) in [6, 6.07) is 0. The van der Waals surface area contributed by atoms with Crippen LogP contribution in [0.25, 0.3) is 0 Å². The molecule has 0 radical (unpaired) electrons. The second-order valence-electron chi connectivity index (χ2n) is 11.2. The summed E-state index contributed by atoms with van der Waals surface area (Å²) < 4.78 is 16.9. The monoisotopic (exact) mass is 490 g/mol. The maximum Gasteiger partial charge on any atom is 0.303 e. The van der Waals surface area contributed by atoms with Crippen molar-refractivity contribution >= 4 is 23.7 Å². The van der Waals surface area contributed by atoms with Crippen molar-refractivity contribution in [3.63, 3.8) is 0 Å². The van der Waals surface area contributed by atoms with Crippen LogP contribution in [-0.4, -0.2) is 63.4 Å². The molecule has 2 N–H and O–H groups in total. The van der Waals surface area contributed by atoms with Gasteiger partial charge in [-0.05, 0) is 18.1 Å². The van der Waals surface area contributed by atoms with Gasteiger partial charge in [0.15, 0.2) is 11.4 Å². The molecule has 4 aliphatic rings. The van der Waals surface area contributed by atoms with E-state index < -0.39 is 75.7 Å². The third-order valence-corrected chi connectivity index (χ3v) is 8.82. The number of carbonyl (C=O) groups is 4. The van der Waals surface area contributed by atoms with Crippen LogP contribution in [0.15, 0.2) is 23.3 Å². The Morgan fingerprint density at radius 3 is 2.23 bits per heavy atom. The third kappa shape index (κ3) is 3.27. The first kappa shape index (κ1) is 25.6. The zero-order chi connectivity index (χ0) is 26.3. The second kappa shape index (κ2) is 7.74. The molecule has 0 heterocycles. The average molecular weight is 491 g/mol. The van der Waals surface area contributed by atoms with Crippen molar-refractivity contribution in [2.45, 2.75) is 77.8 Å². The largest absolute Gasteiger partial charge is 0.461 e. The molecule has 0 amide bonds. The van der Waals surface area contributed by atoms with Crippen molar-refractivity contribution in [1.29, 1.82) is 0 Å². The van der Waals surface area contributed by atoms with Gasteiger partial charge in [0.05, 0.1) is 5.60 Å². The molecule has 0 aromatic heterocycles. The number of carbonyl (C=O) groups excluding carboxylic acids is 4. The smallest absolute Gasteiger partial charge is 0.303 e. The Labute approximate surface area is 204 Å². The van der Waals surface area contributed by atoms with Gasteiger partial charge in [-0.1, -0.05) is 32.9 Å². The van der Waals surface area contributed by atoms with E-state index in [-0.39, 0.29) is 13.0 Å². The van der Waals surface area contributed by atoms with Crippen molar-refractivity contribution < 1.29 is 43.6 Å². The number of fused-ring (bicyclic) bond motifs is 5. The van der Waals surface area contributed by atoms with Crippen LogP contribution >= 0.6 is 0 Å². The van der Waals surface area contributed by atoms with Crippen molar-refractivity contribution in [1.82, 2.24) is 0 Å². The molecule has 9 heteroatoms. The predicted octanol–water partition coefficient (Wildman–Crippen LogP) is 1.64. The molecule has 9 nitrogen and oxygen atoms in total. The SMILES string of the molecule is CC(=O)OCC1=C[C@H]2[C@H]3C(C)(C)[C@]3(OC(C)=O)[C@H](OC(C)=O)[C@@H](C)[C@]2(O)C2C=C(C)C(=O)[C@@]2(O)C1. The first-order chi connectivity index (χ1) is 16.0. The topological polar surface area (TPSA) is 136 Å². The summed E-state index contributed by atoms with van der Waals surface area (Å²) in [5.74, 6) is -5.20. The van der Waals surface area contributed by atoms with Crippen LogP contribution in [0, 0.1) is 29.1 Å². The highest BCUT2D eigenvalue weighted by Crippen LogP contribution is 2.77. The Kier molecular flexibility index (Phi) is 5.65. The highest BCUT2D eigenvalue weighted by atomic mass is 16.6. The minimum absolute atomic E-state index is 0.130. The van der Waals surface area contributed by atoms with Crippen molar-refractivity contribution in [3.05, 3.63) is 23.3 Å². The number of esters is 3. The van der Waals surface area contributed by atoms with Crippen molar-refractivity contribution in [3.8, 4) is 0 Å². The molecule has 0 spiro atoms. The van der Waals surface area contributed by atoms with E-state index >= 15 is 0 Å². The number of ether oxygens (including phenoxy) is 3. The van der Waals surface area contributed by atoms with Crippen molar-refractivity contribution in [2.75, 3.05) is 6.61 Å². The van der Waals surface area contributed by atoms with Crippen LogP contribution in [0.4, 0.5) is 0 Å². The van der Waals surface area contributed by atoms with Gasteiger partial charge in [-0.25, -0.2) is 0 Å². The van der Waals surface area contributed by atoms with Gasteiger partial charge in [-0.2, -0.15) is 0 Å². The van der Waals surface area contributed by atoms with Crippen molar-refractivity contribution in [2.24, 2.45) is 29.1 Å². The molecule has 0 aromatic carbocycles. The second-order valence-corrected chi connectivity index (χ2v) is 11.2. The van der Waals surface area contributed by atoms with E-state index in [9.17, 15) is 29.4 Å². The molecule has 192 valence electrons. The lowest BCUT2D eigenvalue weighted by molar-refractivity contribution is -0.227. The fourth-order valence-corrected chi connectivity index (χ4v) is 7.43. The van der Waals surface area contributed by atoms with E-state index in [1.807, 2.05) is 13.8 Å². The molecule has 8 atom stereocenters. The standard InChI is InChI=1S/C26H34O9/c1-12-8-19-24(31,21(12)30)10-17(11-33-14(3)27)9-18-20-23(6,7)26(20,35-16(5)29)22(34-15(4)28)13(2)25(18,19)32/h8-9,13,18-20,22,31-32H,10-11H2,1-7H3/t13-,18+,19?,20+,22-,24-,25-,26-/m1/s1. The average Bonchev–Trinajstić information content (AvgIpc) is 3.15. The summed E-state index contributed by atoms with van der Waals surface area (Å²) in [4.78, 5) is 49.1. The summed E-state index contributed by atoms with van der Waals surface area (Å²) in [6.45, 7) is 10.7. The quantitative estimate of drug-likeness (QED) is 0.342. The fraction of sp³-hybridized carbons (Fsp3) is 0.692. The number of ketones is 1. The zero-order valence-corrected chi connectivity index (χ0v) is 21.2. The highest BCUT2D eigenvalue weighted by Gasteiger charge is 2.87. The minimum atomic E-state index is -1.96. The van der Waals surface area contributed by atoms with Gasteiger partial charge in [0.25, 0.3) is 0 Å². The summed E-state index contributed by atoms with van der Waals surface area (Å²) in [5.41, 5.74) is -4.82. The Bertz CT molecular complexity index is 1070. The number of hydrogen-bond acceptors (Lipinski definition) is 9. The van der Waals surface area contributed by atoms with Crippen LogP contribution in [-0.2, 0) is 33.4 Å². The molecule has 2 fully saturated rings. The Balaban J connectivity index is 1.95. The fourth-order valence-electron chi connectivity index (χ4n) is 7.43. The first-order valence-corrected chi connectivity index (χ1v) is 11.9. The van der Waals surface area contributed by atoms with Gasteiger partial charge in [0.2, 0.25) is 0 Å². The lowest BCUT2D eigenvalue weighted by Gasteiger charge is -2.53. The predicted molar refractivity (Wildman–Crippen MR) is 121 cm³/mol. The molecule has 35 heavy (non-hydrogen) atoms. The number of Topliss-reactive ketones (excluding diaryl/α,β-unsaturated/α-hetero) is 1. The summed E-state index contributed by atoms with van der Waals surface area (Å²) in [6.07, 6.45) is 2.21. The van der Waals surface area contributed by atoms with Gasteiger partial charge in [0.1, 0.15) is 18.3 Å². The Hall–Kier alpha value is -2.52. The van der Waals surface area contributed by atoms with Gasteiger partial charge in [-0.3, -0.25) is 19.2 Å². The molecule has 4 rings (SSSR count). The van der Waals surface area contributed by atoms with E-state index in [0.717, 1.165) is 0 Å². The van der Waals surface area contributed by atoms with E-state index in [1.54, 1.807) is 26.0 Å². The lowest BCUT2D eigenvalue weighted by Crippen LogP contribution is -2.66. The zero-order valence-electron chi connectivity index (χ0n) is 21.2. The maximum atomic E-state index is 13.2. The lowest BCUT2D eigenvalue weighted by atomic mass is 9.59. The van der Waals surface area contributed by atoms with Crippen LogP contribution in [0.5, 0.6) is 0 Å². The minimum Gasteiger partial charge on any atom is -0.461 e. The van der Waals surface area contributed by atoms with Crippen LogP contribution in [0.1, 0.15) is 54.9 Å². The first-order valence-electron chi connectivity index (χ1n) is 11.9. The molecule has 1 unspecified atom stereocenters. The number of aliphatic hydroxyl groups is 2. The summed E-state index contributed by atoms with van der Waals surface area (Å²) in [7, 11) is 0. The molecular formula is C26H34O9. The maximum absolute atomic E-state index is 13.2. The van der Waals surface area contributed by atoms with Gasteiger partial charge in [-0.15, -0.1) is 0 Å². The van der Waals surface area contributed by atoms with Crippen LogP contribution < -0.4 is 0 Å². The third-order valence-electron chi connectivity index (χ3n) is 8.82. The van der Waals surface area contributed by atoms with Gasteiger partial charge < -0.3 is 24.4 Å². The Morgan fingerprint density at radius 2 is 1.69 bits per heavy atom. The summed E-state index contributed by atoms with van der Waals surface area (Å²) >= 11 is 0. The molecule has 0 aliphatic heterocycles. The van der Waals surface area contributed by atoms with E-state index in [0.29, 0.717) is 11.1 Å². The molecule has 4 aliphatic carbocycles. The van der Waals surface area contributed by atoms with E-state index in [1.165, 1.54) is 20.8 Å². The van der Waals surface area contributed by atoms with Gasteiger partial charge in [0, 0.05) is 56.3 Å². The molecule has 2 saturated carbocycles. The summed E-state index contributed by atoms with van der Waals surface area (Å²) in [5, 5.41) is 24.3. The van der Waals surface area contributed by atoms with Gasteiger partial charge >= 0.3 is 17.9 Å². The number of hydrogen-bond donors (Lipinski definition) is 2. The Morgan fingerprint density at radius 1 is 1.06 bits per heavy atom. The highest BCUT2D eigenvalue weighted by molar-refractivity contribution is 6.04. The molecule has 0 bridgehead atoms.